The normalized spacial score (nSPS) is 43.3. The highest BCUT2D eigenvalue weighted by atomic mass is 19.1. The van der Waals surface area contributed by atoms with E-state index in [4.69, 9.17) is 4.84 Å². The van der Waals surface area contributed by atoms with E-state index in [2.05, 4.69) is 39.9 Å². The van der Waals surface area contributed by atoms with Gasteiger partial charge in [-0.1, -0.05) is 6.92 Å². The summed E-state index contributed by atoms with van der Waals surface area (Å²) in [5, 5.41) is 6.75. The fourth-order valence-corrected chi connectivity index (χ4v) is 5.28. The van der Waals surface area contributed by atoms with Gasteiger partial charge in [-0.15, -0.1) is 0 Å². The lowest BCUT2D eigenvalue weighted by molar-refractivity contribution is -0.172. The first kappa shape index (κ1) is 20.5. The minimum atomic E-state index is -0.868. The van der Waals surface area contributed by atoms with E-state index in [-0.39, 0.29) is 24.1 Å². The van der Waals surface area contributed by atoms with Crippen molar-refractivity contribution in [3.05, 3.63) is 0 Å². The summed E-state index contributed by atoms with van der Waals surface area (Å²) in [4.78, 5) is 23.4. The van der Waals surface area contributed by atoms with Crippen LogP contribution in [0, 0.1) is 11.8 Å². The zero-order valence-corrected chi connectivity index (χ0v) is 17.2. The summed E-state index contributed by atoms with van der Waals surface area (Å²) in [5.41, 5.74) is 2.92. The van der Waals surface area contributed by atoms with Gasteiger partial charge in [-0.05, 0) is 51.5 Å². The molecule has 4 aliphatic rings. The van der Waals surface area contributed by atoms with Gasteiger partial charge < -0.3 is 10.2 Å². The zero-order valence-electron chi connectivity index (χ0n) is 17.2. The van der Waals surface area contributed by atoms with Crippen molar-refractivity contribution in [2.75, 3.05) is 33.2 Å². The Morgan fingerprint density at radius 2 is 1.93 bits per heavy atom. The molecule has 3 N–H and O–H groups in total. The number of rotatable bonds is 3. The van der Waals surface area contributed by atoms with Crippen LogP contribution in [-0.4, -0.2) is 79.6 Å². The molecular weight excluding hydrogens is 361 g/mol. The molecule has 28 heavy (non-hydrogen) atoms. The summed E-state index contributed by atoms with van der Waals surface area (Å²) in [5.74, 6) is 0.0661. The standard InChI is InChI=1S/C20H36FN5O2/c1-13-6-7-15(21)14-12-16(24-28-19(13)14)20(27)23-17-4-3-5-18(22-17)26-10-8-25(2)9-11-26/h13-19,22,24H,3-12H2,1-2H3,(H,23,27). The topological polar surface area (TPSA) is 68.9 Å². The highest BCUT2D eigenvalue weighted by Crippen LogP contribution is 2.38. The number of fused-ring (bicyclic) bond motifs is 1. The second-order valence-electron chi connectivity index (χ2n) is 9.24. The van der Waals surface area contributed by atoms with Crippen molar-refractivity contribution < 1.29 is 14.0 Å². The van der Waals surface area contributed by atoms with Crippen molar-refractivity contribution in [2.24, 2.45) is 11.8 Å². The van der Waals surface area contributed by atoms with Crippen molar-refractivity contribution in [1.82, 2.24) is 25.9 Å². The number of alkyl halides is 1. The monoisotopic (exact) mass is 397 g/mol. The lowest BCUT2D eigenvalue weighted by Crippen LogP contribution is -2.63. The molecule has 3 heterocycles. The number of piperazine rings is 1. The number of carbonyl (C=O) groups excluding carboxylic acids is 1. The predicted octanol–water partition coefficient (Wildman–Crippen LogP) is 0.822. The number of hydrogen-bond donors (Lipinski definition) is 3. The van der Waals surface area contributed by atoms with Crippen LogP contribution in [0.3, 0.4) is 0 Å². The Morgan fingerprint density at radius 1 is 1.14 bits per heavy atom. The molecule has 0 radical (unpaired) electrons. The molecule has 0 aromatic rings. The molecule has 160 valence electrons. The first-order valence-electron chi connectivity index (χ1n) is 11.1. The average Bonchev–Trinajstić information content (AvgIpc) is 2.71. The fourth-order valence-electron chi connectivity index (χ4n) is 5.28. The van der Waals surface area contributed by atoms with Gasteiger partial charge in [0.2, 0.25) is 5.91 Å². The molecule has 0 bridgehead atoms. The van der Waals surface area contributed by atoms with Crippen LogP contribution in [-0.2, 0) is 9.63 Å². The third-order valence-corrected chi connectivity index (χ3v) is 7.17. The number of nitrogens with one attached hydrogen (secondary N) is 3. The first-order valence-corrected chi connectivity index (χ1v) is 11.1. The van der Waals surface area contributed by atoms with Gasteiger partial charge >= 0.3 is 0 Å². The predicted molar refractivity (Wildman–Crippen MR) is 105 cm³/mol. The van der Waals surface area contributed by atoms with Crippen LogP contribution >= 0.6 is 0 Å². The van der Waals surface area contributed by atoms with Crippen LogP contribution in [0.1, 0.15) is 45.4 Å². The quantitative estimate of drug-likeness (QED) is 0.655. The number of hydrogen-bond acceptors (Lipinski definition) is 6. The average molecular weight is 398 g/mol. The molecule has 4 fully saturated rings. The molecule has 0 spiro atoms. The number of carbonyl (C=O) groups is 1. The van der Waals surface area contributed by atoms with Crippen LogP contribution in [0.25, 0.3) is 0 Å². The van der Waals surface area contributed by atoms with Crippen LogP contribution < -0.4 is 16.1 Å². The van der Waals surface area contributed by atoms with Crippen molar-refractivity contribution in [3.8, 4) is 0 Å². The lowest BCUT2D eigenvalue weighted by atomic mass is 9.75. The van der Waals surface area contributed by atoms with E-state index in [1.165, 1.54) is 0 Å². The van der Waals surface area contributed by atoms with Crippen LogP contribution in [0.4, 0.5) is 4.39 Å². The van der Waals surface area contributed by atoms with Gasteiger partial charge in [-0.2, -0.15) is 5.48 Å². The highest BCUT2D eigenvalue weighted by molar-refractivity contribution is 5.82. The van der Waals surface area contributed by atoms with Crippen molar-refractivity contribution >= 4 is 5.91 Å². The fraction of sp³-hybridized carbons (Fsp3) is 0.950. The maximum absolute atomic E-state index is 14.4. The molecule has 3 aliphatic heterocycles. The Bertz CT molecular complexity index is 545. The van der Waals surface area contributed by atoms with Gasteiger partial charge in [0.15, 0.2) is 0 Å². The third-order valence-electron chi connectivity index (χ3n) is 7.17. The molecule has 7 unspecified atom stereocenters. The maximum atomic E-state index is 14.4. The van der Waals surface area contributed by atoms with Gasteiger partial charge in [0.1, 0.15) is 12.2 Å². The van der Waals surface area contributed by atoms with Gasteiger partial charge in [0.25, 0.3) is 0 Å². The summed E-state index contributed by atoms with van der Waals surface area (Å²) < 4.78 is 14.4. The summed E-state index contributed by atoms with van der Waals surface area (Å²) in [7, 11) is 2.16. The Morgan fingerprint density at radius 3 is 2.71 bits per heavy atom. The first-order chi connectivity index (χ1) is 13.5. The molecule has 3 saturated heterocycles. The minimum Gasteiger partial charge on any atom is -0.339 e. The molecule has 0 aromatic heterocycles. The largest absolute Gasteiger partial charge is 0.339 e. The van der Waals surface area contributed by atoms with Crippen LogP contribution in [0.5, 0.6) is 0 Å². The molecule has 7 atom stereocenters. The van der Waals surface area contributed by atoms with Crippen molar-refractivity contribution in [3.63, 3.8) is 0 Å². The summed E-state index contributed by atoms with van der Waals surface area (Å²) in [6.45, 7) is 6.40. The van der Waals surface area contributed by atoms with E-state index in [0.29, 0.717) is 24.9 Å². The second kappa shape index (κ2) is 8.92. The number of halogens is 1. The van der Waals surface area contributed by atoms with E-state index < -0.39 is 12.2 Å². The molecule has 4 rings (SSSR count). The number of amides is 1. The Kier molecular flexibility index (Phi) is 6.52. The van der Waals surface area contributed by atoms with E-state index in [0.717, 1.165) is 51.9 Å². The van der Waals surface area contributed by atoms with Gasteiger partial charge in [0.05, 0.1) is 18.4 Å². The molecule has 7 nitrogen and oxygen atoms in total. The molecule has 8 heteroatoms. The smallest absolute Gasteiger partial charge is 0.240 e. The van der Waals surface area contributed by atoms with Crippen LogP contribution in [0.2, 0.25) is 0 Å². The summed E-state index contributed by atoms with van der Waals surface area (Å²) in [6.07, 6.45) is 4.38. The molecule has 0 aromatic carbocycles. The van der Waals surface area contributed by atoms with E-state index in [1.807, 2.05) is 0 Å². The zero-order chi connectivity index (χ0) is 19.7. The van der Waals surface area contributed by atoms with Crippen molar-refractivity contribution in [1.29, 1.82) is 0 Å². The molecule has 1 saturated carbocycles. The maximum Gasteiger partial charge on any atom is 0.240 e. The van der Waals surface area contributed by atoms with Crippen molar-refractivity contribution in [2.45, 2.75) is 76.1 Å². The lowest BCUT2D eigenvalue weighted by Gasteiger charge is -2.44. The number of nitrogens with zero attached hydrogens (tertiary/aromatic N) is 2. The highest BCUT2D eigenvalue weighted by Gasteiger charge is 2.45. The van der Waals surface area contributed by atoms with E-state index >= 15 is 0 Å². The summed E-state index contributed by atoms with van der Waals surface area (Å²) in [6, 6.07) is -0.476. The molecular formula is C20H36FN5O2. The number of likely N-dealkylation sites (N-methyl/N-ethyl adjacent to an activating group) is 1. The Labute approximate surface area is 167 Å². The molecule has 1 aliphatic carbocycles. The van der Waals surface area contributed by atoms with Crippen LogP contribution in [0.15, 0.2) is 0 Å². The Hall–Kier alpha value is -0.800. The second-order valence-corrected chi connectivity index (χ2v) is 9.24. The third kappa shape index (κ3) is 4.51. The number of hydroxylamine groups is 1. The Balaban J connectivity index is 1.28. The van der Waals surface area contributed by atoms with Gasteiger partial charge in [-0.3, -0.25) is 19.8 Å². The molecule has 1 amide bonds. The minimum absolute atomic E-state index is 0.0307. The van der Waals surface area contributed by atoms with Gasteiger partial charge in [-0.25, -0.2) is 4.39 Å². The van der Waals surface area contributed by atoms with Gasteiger partial charge in [0, 0.05) is 32.1 Å². The van der Waals surface area contributed by atoms with E-state index in [1.54, 1.807) is 0 Å². The SMILES string of the molecule is CC1CCC(F)C2CC(C(=O)NC3CCCC(N4CCN(C)CC4)N3)NOC12. The van der Waals surface area contributed by atoms with E-state index in [9.17, 15) is 9.18 Å². The number of piperidine rings is 1. The summed E-state index contributed by atoms with van der Waals surface area (Å²) >= 11 is 0.